The number of rotatable bonds is 4. The van der Waals surface area contributed by atoms with Gasteiger partial charge in [-0.2, -0.15) is 4.98 Å². The summed E-state index contributed by atoms with van der Waals surface area (Å²) in [6, 6.07) is 3.37. The molecule has 1 atom stereocenters. The van der Waals surface area contributed by atoms with Crippen molar-refractivity contribution in [2.24, 2.45) is 0 Å². The van der Waals surface area contributed by atoms with E-state index in [-0.39, 0.29) is 11.9 Å². The van der Waals surface area contributed by atoms with Gasteiger partial charge in [-0.15, -0.1) is 11.3 Å². The minimum atomic E-state index is -0.264. The molecule has 0 aromatic carbocycles. The minimum absolute atomic E-state index is 0.108. The third-order valence-corrected chi connectivity index (χ3v) is 3.73. The zero-order valence-electron chi connectivity index (χ0n) is 9.92. The summed E-state index contributed by atoms with van der Waals surface area (Å²) in [4.78, 5) is 16.9. The Morgan fingerprint density at radius 2 is 2.44 bits per heavy atom. The van der Waals surface area contributed by atoms with E-state index in [1.807, 2.05) is 18.4 Å². The Bertz CT molecular complexity index is 545. The molecule has 1 fully saturated rings. The fourth-order valence-electron chi connectivity index (χ4n) is 1.67. The third kappa shape index (κ3) is 2.28. The molecule has 2 aromatic rings. The zero-order valence-corrected chi connectivity index (χ0v) is 10.7. The van der Waals surface area contributed by atoms with Crippen LogP contribution < -0.4 is 5.32 Å². The summed E-state index contributed by atoms with van der Waals surface area (Å²) in [6.45, 7) is 1.84. The summed E-state index contributed by atoms with van der Waals surface area (Å²) in [5.74, 6) is 1.59. The van der Waals surface area contributed by atoms with Crippen molar-refractivity contribution in [1.29, 1.82) is 0 Å². The normalized spacial score (nSPS) is 16.5. The summed E-state index contributed by atoms with van der Waals surface area (Å²) < 4.78 is 5.17. The molecule has 0 aliphatic heterocycles. The Morgan fingerprint density at radius 3 is 3.11 bits per heavy atom. The second kappa shape index (κ2) is 4.53. The number of nitrogens with one attached hydrogen (secondary N) is 1. The lowest BCUT2D eigenvalue weighted by atomic mass is 10.3. The Balaban J connectivity index is 1.66. The van der Waals surface area contributed by atoms with E-state index < -0.39 is 0 Å². The standard InChI is InChI=1S/C12H13N3O2S/c1-7(13-11(16)9-3-2-6-18-9)12-14-10(15-17-12)8-4-5-8/h2-3,6-8H,4-5H2,1H3,(H,13,16)/t7-/m0/s1. The maximum atomic E-state index is 11.9. The molecule has 0 saturated heterocycles. The second-order valence-electron chi connectivity index (χ2n) is 4.44. The van der Waals surface area contributed by atoms with Gasteiger partial charge in [0.25, 0.3) is 5.91 Å². The lowest BCUT2D eigenvalue weighted by Gasteiger charge is -2.07. The highest BCUT2D eigenvalue weighted by atomic mass is 32.1. The highest BCUT2D eigenvalue weighted by Crippen LogP contribution is 2.38. The van der Waals surface area contributed by atoms with Gasteiger partial charge in [0.2, 0.25) is 5.89 Å². The summed E-state index contributed by atoms with van der Waals surface area (Å²) >= 11 is 1.41. The maximum absolute atomic E-state index is 11.9. The Morgan fingerprint density at radius 1 is 1.61 bits per heavy atom. The van der Waals surface area contributed by atoms with Crippen LogP contribution in [0.4, 0.5) is 0 Å². The van der Waals surface area contributed by atoms with Crippen LogP contribution in [0.3, 0.4) is 0 Å². The van der Waals surface area contributed by atoms with Crippen molar-refractivity contribution in [3.8, 4) is 0 Å². The van der Waals surface area contributed by atoms with Gasteiger partial charge in [-0.25, -0.2) is 0 Å². The second-order valence-corrected chi connectivity index (χ2v) is 5.39. The molecule has 2 aromatic heterocycles. The third-order valence-electron chi connectivity index (χ3n) is 2.86. The van der Waals surface area contributed by atoms with Gasteiger partial charge in [-0.1, -0.05) is 11.2 Å². The molecule has 1 N–H and O–H groups in total. The predicted octanol–water partition coefficient (Wildman–Crippen LogP) is 2.50. The van der Waals surface area contributed by atoms with Gasteiger partial charge < -0.3 is 9.84 Å². The average molecular weight is 263 g/mol. The summed E-state index contributed by atoms with van der Waals surface area (Å²) in [5.41, 5.74) is 0. The van der Waals surface area contributed by atoms with Crippen molar-refractivity contribution in [2.75, 3.05) is 0 Å². The van der Waals surface area contributed by atoms with E-state index in [4.69, 9.17) is 4.52 Å². The number of nitrogens with zero attached hydrogens (tertiary/aromatic N) is 2. The van der Waals surface area contributed by atoms with Crippen molar-refractivity contribution in [2.45, 2.75) is 31.7 Å². The monoisotopic (exact) mass is 263 g/mol. The van der Waals surface area contributed by atoms with Gasteiger partial charge in [0, 0.05) is 5.92 Å². The largest absolute Gasteiger partial charge is 0.340 e. The number of aromatic nitrogens is 2. The molecule has 6 heteroatoms. The number of carbonyl (C=O) groups is 1. The quantitative estimate of drug-likeness (QED) is 0.920. The molecule has 1 amide bonds. The smallest absolute Gasteiger partial charge is 0.261 e. The molecule has 1 aliphatic carbocycles. The van der Waals surface area contributed by atoms with Gasteiger partial charge in [0.1, 0.15) is 6.04 Å². The molecule has 2 heterocycles. The summed E-state index contributed by atoms with van der Waals surface area (Å²) in [7, 11) is 0. The Kier molecular flexibility index (Phi) is 2.87. The molecule has 0 radical (unpaired) electrons. The highest BCUT2D eigenvalue weighted by molar-refractivity contribution is 7.12. The van der Waals surface area contributed by atoms with Crippen LogP contribution >= 0.6 is 11.3 Å². The molecule has 0 spiro atoms. The molecule has 94 valence electrons. The van der Waals surface area contributed by atoms with E-state index in [2.05, 4.69) is 15.5 Å². The van der Waals surface area contributed by atoms with E-state index in [1.54, 1.807) is 6.07 Å². The molecule has 1 saturated carbocycles. The fraction of sp³-hybridized carbons (Fsp3) is 0.417. The summed E-state index contributed by atoms with van der Waals surface area (Å²) in [6.07, 6.45) is 2.27. The summed E-state index contributed by atoms with van der Waals surface area (Å²) in [5, 5.41) is 8.65. The van der Waals surface area contributed by atoms with E-state index in [9.17, 15) is 4.79 Å². The zero-order chi connectivity index (χ0) is 12.5. The molecule has 0 unspecified atom stereocenters. The topological polar surface area (TPSA) is 68.0 Å². The first-order valence-corrected chi connectivity index (χ1v) is 6.80. The number of hydrogen-bond acceptors (Lipinski definition) is 5. The first-order chi connectivity index (χ1) is 8.74. The molecular formula is C12H13N3O2S. The van der Waals surface area contributed by atoms with Crippen LogP contribution in [0, 0.1) is 0 Å². The lowest BCUT2D eigenvalue weighted by Crippen LogP contribution is -2.26. The van der Waals surface area contributed by atoms with Crippen molar-refractivity contribution in [1.82, 2.24) is 15.5 Å². The predicted molar refractivity (Wildman–Crippen MR) is 66.5 cm³/mol. The minimum Gasteiger partial charge on any atom is -0.340 e. The van der Waals surface area contributed by atoms with Crippen molar-refractivity contribution in [3.63, 3.8) is 0 Å². The Hall–Kier alpha value is -1.69. The molecular weight excluding hydrogens is 250 g/mol. The van der Waals surface area contributed by atoms with Crippen molar-refractivity contribution < 1.29 is 9.32 Å². The van der Waals surface area contributed by atoms with Crippen LogP contribution in [-0.4, -0.2) is 16.0 Å². The van der Waals surface area contributed by atoms with E-state index in [1.165, 1.54) is 11.3 Å². The Labute approximate surface area is 108 Å². The van der Waals surface area contributed by atoms with Gasteiger partial charge in [-0.05, 0) is 31.2 Å². The van der Waals surface area contributed by atoms with Crippen LogP contribution in [0.2, 0.25) is 0 Å². The first kappa shape index (κ1) is 11.4. The van der Waals surface area contributed by atoms with E-state index >= 15 is 0 Å². The number of thiophene rings is 1. The molecule has 3 rings (SSSR count). The number of carbonyl (C=O) groups excluding carboxylic acids is 1. The average Bonchev–Trinajstić information content (AvgIpc) is 2.91. The molecule has 0 bridgehead atoms. The lowest BCUT2D eigenvalue weighted by molar-refractivity contribution is 0.0936. The fourth-order valence-corrected chi connectivity index (χ4v) is 2.29. The maximum Gasteiger partial charge on any atom is 0.261 e. The number of amides is 1. The van der Waals surface area contributed by atoms with Crippen LogP contribution in [-0.2, 0) is 0 Å². The van der Waals surface area contributed by atoms with Crippen LogP contribution in [0.5, 0.6) is 0 Å². The van der Waals surface area contributed by atoms with Gasteiger partial charge in [0.05, 0.1) is 4.88 Å². The van der Waals surface area contributed by atoms with Crippen LogP contribution in [0.15, 0.2) is 22.0 Å². The SMILES string of the molecule is C[C@H](NC(=O)c1cccs1)c1nc(C2CC2)no1. The van der Waals surface area contributed by atoms with Gasteiger partial charge in [0.15, 0.2) is 5.82 Å². The molecule has 18 heavy (non-hydrogen) atoms. The molecule has 1 aliphatic rings. The van der Waals surface area contributed by atoms with Gasteiger partial charge in [-0.3, -0.25) is 4.79 Å². The van der Waals surface area contributed by atoms with Crippen LogP contribution in [0.1, 0.15) is 53.1 Å². The van der Waals surface area contributed by atoms with E-state index in [0.717, 1.165) is 18.7 Å². The highest BCUT2D eigenvalue weighted by Gasteiger charge is 2.29. The molecule has 5 nitrogen and oxygen atoms in total. The number of hydrogen-bond donors (Lipinski definition) is 1. The van der Waals surface area contributed by atoms with Crippen molar-refractivity contribution >= 4 is 17.2 Å². The van der Waals surface area contributed by atoms with Crippen molar-refractivity contribution in [3.05, 3.63) is 34.1 Å². The van der Waals surface area contributed by atoms with Gasteiger partial charge >= 0.3 is 0 Å². The van der Waals surface area contributed by atoms with Crippen LogP contribution in [0.25, 0.3) is 0 Å². The van der Waals surface area contributed by atoms with E-state index in [0.29, 0.717) is 16.7 Å². The first-order valence-electron chi connectivity index (χ1n) is 5.92.